The number of fused-ring (bicyclic) bond motifs is 2. The van der Waals surface area contributed by atoms with Crippen molar-refractivity contribution >= 4 is 17.5 Å². The third-order valence-corrected chi connectivity index (χ3v) is 5.78. The maximum atomic E-state index is 12.8. The van der Waals surface area contributed by atoms with E-state index in [0.717, 1.165) is 18.5 Å². The van der Waals surface area contributed by atoms with Gasteiger partial charge in [-0.05, 0) is 36.1 Å². The topological polar surface area (TPSA) is 67.9 Å². The number of hydrogen-bond donors (Lipinski definition) is 1. The van der Waals surface area contributed by atoms with E-state index in [1.54, 1.807) is 4.90 Å². The molecule has 6 heteroatoms. The number of aryl methyl sites for hydroxylation is 1. The van der Waals surface area contributed by atoms with Crippen LogP contribution in [0.1, 0.15) is 30.0 Å². The Hall–Kier alpha value is -3.02. The predicted octanol–water partition coefficient (Wildman–Crippen LogP) is 2.61. The number of ether oxygens (including phenoxy) is 2. The summed E-state index contributed by atoms with van der Waals surface area (Å²) in [6.07, 6.45) is 2.13. The van der Waals surface area contributed by atoms with Crippen LogP contribution >= 0.6 is 0 Å². The molecule has 2 aliphatic heterocycles. The van der Waals surface area contributed by atoms with E-state index in [2.05, 4.69) is 17.4 Å². The Morgan fingerprint density at radius 2 is 1.89 bits per heavy atom. The normalized spacial score (nSPS) is 22.9. The van der Waals surface area contributed by atoms with Crippen LogP contribution in [0.2, 0.25) is 0 Å². The molecule has 1 fully saturated rings. The molecule has 3 aliphatic rings. The number of hydrogen-bond acceptors (Lipinski definition) is 4. The Bertz CT molecular complexity index is 942. The first-order valence-electron chi connectivity index (χ1n) is 9.77. The molecule has 0 bridgehead atoms. The van der Waals surface area contributed by atoms with E-state index < -0.39 is 0 Å². The van der Waals surface area contributed by atoms with Crippen molar-refractivity contribution in [1.29, 1.82) is 0 Å². The van der Waals surface area contributed by atoms with Gasteiger partial charge < -0.3 is 19.7 Å². The van der Waals surface area contributed by atoms with Gasteiger partial charge in [-0.3, -0.25) is 9.59 Å². The van der Waals surface area contributed by atoms with Crippen molar-refractivity contribution in [3.8, 4) is 11.5 Å². The lowest BCUT2D eigenvalue weighted by atomic mass is 10.1. The van der Waals surface area contributed by atoms with Gasteiger partial charge >= 0.3 is 0 Å². The van der Waals surface area contributed by atoms with Crippen LogP contribution in [0.25, 0.3) is 0 Å². The maximum Gasteiger partial charge on any atom is 0.227 e. The van der Waals surface area contributed by atoms with Gasteiger partial charge in [0.2, 0.25) is 11.8 Å². The molecule has 0 unspecified atom stereocenters. The number of anilines is 1. The van der Waals surface area contributed by atoms with Gasteiger partial charge in [0.05, 0.1) is 12.0 Å². The molecule has 2 aromatic rings. The van der Waals surface area contributed by atoms with Crippen molar-refractivity contribution in [3.05, 3.63) is 53.6 Å². The Labute approximate surface area is 163 Å². The highest BCUT2D eigenvalue weighted by Crippen LogP contribution is 2.36. The van der Waals surface area contributed by atoms with E-state index in [-0.39, 0.29) is 30.2 Å². The largest absolute Gasteiger partial charge is 0.486 e. The number of carbonyl (C=O) groups is 2. The van der Waals surface area contributed by atoms with Crippen LogP contribution in [-0.2, 0) is 16.0 Å². The van der Waals surface area contributed by atoms with E-state index in [1.165, 1.54) is 11.1 Å². The summed E-state index contributed by atoms with van der Waals surface area (Å²) in [6.45, 7) is 1.42. The second-order valence-corrected chi connectivity index (χ2v) is 7.53. The van der Waals surface area contributed by atoms with Gasteiger partial charge in [0.1, 0.15) is 13.2 Å². The summed E-state index contributed by atoms with van der Waals surface area (Å²) in [5.74, 6) is 0.912. The molecule has 2 amide bonds. The fourth-order valence-electron chi connectivity index (χ4n) is 4.33. The minimum absolute atomic E-state index is 0.0383. The molecular weight excluding hydrogens is 356 g/mol. The third-order valence-electron chi connectivity index (χ3n) is 5.78. The highest BCUT2D eigenvalue weighted by Gasteiger charge is 2.37. The molecule has 2 atom stereocenters. The van der Waals surface area contributed by atoms with Gasteiger partial charge in [0, 0.05) is 24.7 Å². The molecule has 0 aromatic heterocycles. The van der Waals surface area contributed by atoms with Crippen molar-refractivity contribution in [1.82, 2.24) is 5.32 Å². The predicted molar refractivity (Wildman–Crippen MR) is 104 cm³/mol. The first-order chi connectivity index (χ1) is 13.7. The molecule has 2 aromatic carbocycles. The lowest BCUT2D eigenvalue weighted by molar-refractivity contribution is -0.127. The van der Waals surface area contributed by atoms with Crippen LogP contribution < -0.4 is 19.7 Å². The molecule has 1 aliphatic carbocycles. The van der Waals surface area contributed by atoms with Gasteiger partial charge in [0.15, 0.2) is 11.5 Å². The number of carbonyl (C=O) groups excluding carboxylic acids is 2. The number of amides is 2. The molecular formula is C22H22N2O4. The lowest BCUT2D eigenvalue weighted by Gasteiger charge is -2.22. The van der Waals surface area contributed by atoms with E-state index in [1.807, 2.05) is 30.3 Å². The Kier molecular flexibility index (Phi) is 4.19. The SMILES string of the molecule is O=C(N[C@@H]1CCc2ccccc21)[C@@H]1CC(=O)N(c2ccc3c(c2)OCCO3)C1. The summed E-state index contributed by atoms with van der Waals surface area (Å²) in [4.78, 5) is 27.1. The van der Waals surface area contributed by atoms with Crippen molar-refractivity contribution in [3.63, 3.8) is 0 Å². The highest BCUT2D eigenvalue weighted by molar-refractivity contribution is 6.00. The summed E-state index contributed by atoms with van der Waals surface area (Å²) >= 11 is 0. The molecule has 1 saturated heterocycles. The van der Waals surface area contributed by atoms with Crippen molar-refractivity contribution < 1.29 is 19.1 Å². The van der Waals surface area contributed by atoms with E-state index in [9.17, 15) is 9.59 Å². The van der Waals surface area contributed by atoms with Gasteiger partial charge in [-0.1, -0.05) is 24.3 Å². The van der Waals surface area contributed by atoms with E-state index in [4.69, 9.17) is 9.47 Å². The standard InChI is InChI=1S/C22H22N2O4/c25-21-11-15(22(26)23-18-7-5-14-3-1-2-4-17(14)18)13-24(21)16-6-8-19-20(12-16)28-10-9-27-19/h1-4,6,8,12,15,18H,5,7,9-11,13H2,(H,23,26)/t15-,18-/m1/s1. The van der Waals surface area contributed by atoms with E-state index >= 15 is 0 Å². The van der Waals surface area contributed by atoms with Crippen LogP contribution in [0.3, 0.4) is 0 Å². The molecule has 6 nitrogen and oxygen atoms in total. The van der Waals surface area contributed by atoms with Crippen LogP contribution in [0.5, 0.6) is 11.5 Å². The lowest BCUT2D eigenvalue weighted by Crippen LogP contribution is -2.34. The number of benzene rings is 2. The summed E-state index contributed by atoms with van der Waals surface area (Å²) in [6, 6.07) is 13.8. The quantitative estimate of drug-likeness (QED) is 0.892. The minimum Gasteiger partial charge on any atom is -0.486 e. The molecule has 0 saturated carbocycles. The number of rotatable bonds is 3. The van der Waals surface area contributed by atoms with E-state index in [0.29, 0.717) is 31.3 Å². The second kappa shape index (κ2) is 6.86. The zero-order chi connectivity index (χ0) is 19.1. The van der Waals surface area contributed by atoms with Crippen LogP contribution in [0.4, 0.5) is 5.69 Å². The summed E-state index contributed by atoms with van der Waals surface area (Å²) < 4.78 is 11.2. The fraction of sp³-hybridized carbons (Fsp3) is 0.364. The smallest absolute Gasteiger partial charge is 0.227 e. The van der Waals surface area contributed by atoms with Crippen molar-refractivity contribution in [2.75, 3.05) is 24.7 Å². The number of nitrogens with one attached hydrogen (secondary N) is 1. The van der Waals surface area contributed by atoms with Crippen molar-refractivity contribution in [2.24, 2.45) is 5.92 Å². The Morgan fingerprint density at radius 3 is 2.79 bits per heavy atom. The first kappa shape index (κ1) is 17.1. The molecule has 5 rings (SSSR count). The van der Waals surface area contributed by atoms with Crippen LogP contribution in [0, 0.1) is 5.92 Å². The van der Waals surface area contributed by atoms with Gasteiger partial charge in [-0.25, -0.2) is 0 Å². The van der Waals surface area contributed by atoms with Crippen molar-refractivity contribution in [2.45, 2.75) is 25.3 Å². The summed E-state index contributed by atoms with van der Waals surface area (Å²) in [5.41, 5.74) is 3.24. The fourth-order valence-corrected chi connectivity index (χ4v) is 4.33. The van der Waals surface area contributed by atoms with Crippen LogP contribution in [0.15, 0.2) is 42.5 Å². The molecule has 0 spiro atoms. The number of nitrogens with zero attached hydrogens (tertiary/aromatic N) is 1. The van der Waals surface area contributed by atoms with Crippen LogP contribution in [-0.4, -0.2) is 31.6 Å². The summed E-state index contributed by atoms with van der Waals surface area (Å²) in [7, 11) is 0. The van der Waals surface area contributed by atoms with Gasteiger partial charge in [0.25, 0.3) is 0 Å². The second-order valence-electron chi connectivity index (χ2n) is 7.53. The maximum absolute atomic E-state index is 12.8. The molecule has 28 heavy (non-hydrogen) atoms. The van der Waals surface area contributed by atoms with Gasteiger partial charge in [-0.15, -0.1) is 0 Å². The highest BCUT2D eigenvalue weighted by atomic mass is 16.6. The van der Waals surface area contributed by atoms with Gasteiger partial charge in [-0.2, -0.15) is 0 Å². The molecule has 0 radical (unpaired) electrons. The summed E-state index contributed by atoms with van der Waals surface area (Å²) in [5, 5.41) is 3.16. The average Bonchev–Trinajstić information content (AvgIpc) is 3.31. The first-order valence-corrected chi connectivity index (χ1v) is 9.77. The zero-order valence-electron chi connectivity index (χ0n) is 15.5. The Balaban J connectivity index is 1.28. The molecule has 2 heterocycles. The third kappa shape index (κ3) is 2.99. The molecule has 144 valence electrons. The monoisotopic (exact) mass is 378 g/mol. The Morgan fingerprint density at radius 1 is 1.07 bits per heavy atom. The average molecular weight is 378 g/mol. The minimum atomic E-state index is -0.339. The zero-order valence-corrected chi connectivity index (χ0v) is 15.5. The molecule has 1 N–H and O–H groups in total.